The van der Waals surface area contributed by atoms with E-state index in [1.54, 1.807) is 0 Å². The third-order valence-electron chi connectivity index (χ3n) is 8.29. The van der Waals surface area contributed by atoms with Gasteiger partial charge in [-0.25, -0.2) is 0 Å². The van der Waals surface area contributed by atoms with E-state index in [0.717, 1.165) is 12.3 Å². The molecule has 0 saturated heterocycles. The van der Waals surface area contributed by atoms with Gasteiger partial charge in [0.2, 0.25) is 0 Å². The molecule has 1 atom stereocenters. The molecular weight excluding hydrogens is 420 g/mol. The average molecular weight is 492 g/mol. The zero-order valence-corrected chi connectivity index (χ0v) is 25.2. The lowest BCUT2D eigenvalue weighted by atomic mass is 9.90. The molecule has 0 aromatic heterocycles. The van der Waals surface area contributed by atoms with Crippen LogP contribution >= 0.6 is 0 Å². The van der Waals surface area contributed by atoms with E-state index >= 15 is 0 Å². The van der Waals surface area contributed by atoms with E-state index in [9.17, 15) is 0 Å². The van der Waals surface area contributed by atoms with Gasteiger partial charge in [-0.2, -0.15) is 0 Å². The third-order valence-corrected chi connectivity index (χ3v) is 8.29. The summed E-state index contributed by atoms with van der Waals surface area (Å²) in [6, 6.07) is 0. The second-order valence-electron chi connectivity index (χ2n) is 11.9. The van der Waals surface area contributed by atoms with E-state index in [1.165, 1.54) is 193 Å². The zero-order chi connectivity index (χ0) is 25.5. The molecule has 0 aliphatic carbocycles. The monoisotopic (exact) mass is 492 g/mol. The SMILES string of the molecule is [CH2]CCC(CCCCCCC)CCCCCCCCCCCCCCCCCCCCCCCC. The Bertz CT molecular complexity index is 346. The molecule has 0 nitrogen and oxygen atoms in total. The van der Waals surface area contributed by atoms with Crippen molar-refractivity contribution in [3.63, 3.8) is 0 Å². The van der Waals surface area contributed by atoms with Crippen molar-refractivity contribution in [2.75, 3.05) is 0 Å². The summed E-state index contributed by atoms with van der Waals surface area (Å²) >= 11 is 0. The molecule has 211 valence electrons. The maximum atomic E-state index is 4.12. The molecule has 0 spiro atoms. The van der Waals surface area contributed by atoms with E-state index in [1.807, 2.05) is 0 Å². The Morgan fingerprint density at radius 1 is 0.314 bits per heavy atom. The maximum absolute atomic E-state index is 4.12. The first-order chi connectivity index (χ1) is 17.3. The lowest BCUT2D eigenvalue weighted by Crippen LogP contribution is -2.00. The Morgan fingerprint density at radius 2 is 0.543 bits per heavy atom. The van der Waals surface area contributed by atoms with Crippen LogP contribution in [0, 0.1) is 12.8 Å². The largest absolute Gasteiger partial charge is 0.0654 e. The summed E-state index contributed by atoms with van der Waals surface area (Å²) in [6.07, 6.45) is 45.1. The Hall–Kier alpha value is 0. The molecule has 0 amide bonds. The highest BCUT2D eigenvalue weighted by atomic mass is 14.1. The van der Waals surface area contributed by atoms with E-state index < -0.39 is 0 Å². The first-order valence-corrected chi connectivity index (χ1v) is 17.1. The summed E-state index contributed by atoms with van der Waals surface area (Å²) in [4.78, 5) is 0. The van der Waals surface area contributed by atoms with Gasteiger partial charge in [0.15, 0.2) is 0 Å². The standard InChI is InChI=1S/C35H71/c1-4-7-9-11-12-13-14-15-16-17-18-19-20-21-22-23-24-25-26-27-29-31-34-35(32-6-3)33-30-28-10-8-5-2/h35H,3-34H2,1-2H3. The van der Waals surface area contributed by atoms with Gasteiger partial charge in [0, 0.05) is 0 Å². The van der Waals surface area contributed by atoms with Crippen LogP contribution < -0.4 is 0 Å². The summed E-state index contributed by atoms with van der Waals surface area (Å²) in [5.41, 5.74) is 0. The van der Waals surface area contributed by atoms with Crippen molar-refractivity contribution in [3.8, 4) is 0 Å². The highest BCUT2D eigenvalue weighted by Crippen LogP contribution is 2.23. The number of unbranched alkanes of at least 4 members (excludes halogenated alkanes) is 25. The van der Waals surface area contributed by atoms with Crippen molar-refractivity contribution in [3.05, 3.63) is 6.92 Å². The van der Waals surface area contributed by atoms with Crippen LogP contribution in [-0.4, -0.2) is 0 Å². The highest BCUT2D eigenvalue weighted by Gasteiger charge is 2.07. The lowest BCUT2D eigenvalue weighted by molar-refractivity contribution is 0.382. The minimum atomic E-state index is 0.972. The van der Waals surface area contributed by atoms with Crippen LogP contribution in [0.15, 0.2) is 0 Å². The molecule has 1 radical (unpaired) electrons. The van der Waals surface area contributed by atoms with Crippen LogP contribution in [0.3, 0.4) is 0 Å². The Morgan fingerprint density at radius 3 is 0.771 bits per heavy atom. The normalized spacial score (nSPS) is 12.4. The average Bonchev–Trinajstić information content (AvgIpc) is 2.86. The van der Waals surface area contributed by atoms with Gasteiger partial charge in [-0.15, -0.1) is 0 Å². The topological polar surface area (TPSA) is 0 Å². The maximum Gasteiger partial charge on any atom is -0.0414 e. The molecular formula is C35H71. The van der Waals surface area contributed by atoms with Gasteiger partial charge >= 0.3 is 0 Å². The summed E-state index contributed by atoms with van der Waals surface area (Å²) in [6.45, 7) is 8.74. The van der Waals surface area contributed by atoms with Crippen LogP contribution in [0.4, 0.5) is 0 Å². The molecule has 0 aliphatic heterocycles. The first kappa shape index (κ1) is 35.0. The second-order valence-corrected chi connectivity index (χ2v) is 11.9. The summed E-state index contributed by atoms with van der Waals surface area (Å²) < 4.78 is 0. The fourth-order valence-electron chi connectivity index (χ4n) is 5.80. The van der Waals surface area contributed by atoms with Crippen LogP contribution in [0.2, 0.25) is 0 Å². The van der Waals surface area contributed by atoms with Gasteiger partial charge in [-0.1, -0.05) is 220 Å². The smallest absolute Gasteiger partial charge is 0.0414 e. The summed E-state index contributed by atoms with van der Waals surface area (Å²) in [5, 5.41) is 0. The van der Waals surface area contributed by atoms with Crippen molar-refractivity contribution >= 4 is 0 Å². The molecule has 0 heterocycles. The van der Waals surface area contributed by atoms with Gasteiger partial charge in [0.05, 0.1) is 0 Å². The molecule has 0 aliphatic rings. The van der Waals surface area contributed by atoms with Crippen molar-refractivity contribution in [1.82, 2.24) is 0 Å². The van der Waals surface area contributed by atoms with Crippen LogP contribution in [0.25, 0.3) is 0 Å². The Labute approximate surface area is 225 Å². The molecule has 0 aromatic rings. The number of rotatable bonds is 31. The van der Waals surface area contributed by atoms with E-state index in [2.05, 4.69) is 20.8 Å². The summed E-state index contributed by atoms with van der Waals surface area (Å²) in [7, 11) is 0. The molecule has 0 aromatic carbocycles. The molecule has 0 fully saturated rings. The van der Waals surface area contributed by atoms with Gasteiger partial charge in [0.1, 0.15) is 0 Å². The number of hydrogen-bond donors (Lipinski definition) is 0. The van der Waals surface area contributed by atoms with Gasteiger partial charge in [0.25, 0.3) is 0 Å². The lowest BCUT2D eigenvalue weighted by Gasteiger charge is -2.16. The Balaban J connectivity index is 3.23. The first-order valence-electron chi connectivity index (χ1n) is 17.1. The van der Waals surface area contributed by atoms with Crippen LogP contribution in [-0.2, 0) is 0 Å². The minimum absolute atomic E-state index is 0.972. The van der Waals surface area contributed by atoms with Crippen LogP contribution in [0.1, 0.15) is 213 Å². The zero-order valence-electron chi connectivity index (χ0n) is 25.2. The predicted octanol–water partition coefficient (Wildman–Crippen LogP) is 13.6. The predicted molar refractivity (Wildman–Crippen MR) is 163 cm³/mol. The van der Waals surface area contributed by atoms with E-state index in [0.29, 0.717) is 0 Å². The fourth-order valence-corrected chi connectivity index (χ4v) is 5.80. The van der Waals surface area contributed by atoms with Crippen molar-refractivity contribution in [2.24, 2.45) is 5.92 Å². The van der Waals surface area contributed by atoms with Gasteiger partial charge in [-0.05, 0) is 5.92 Å². The van der Waals surface area contributed by atoms with Crippen molar-refractivity contribution in [2.45, 2.75) is 213 Å². The molecule has 0 rings (SSSR count). The van der Waals surface area contributed by atoms with Gasteiger partial charge < -0.3 is 0 Å². The highest BCUT2D eigenvalue weighted by molar-refractivity contribution is 4.62. The third kappa shape index (κ3) is 30.1. The fraction of sp³-hybridized carbons (Fsp3) is 0.971. The van der Waals surface area contributed by atoms with E-state index in [4.69, 9.17) is 0 Å². The van der Waals surface area contributed by atoms with Crippen molar-refractivity contribution in [1.29, 1.82) is 0 Å². The Kier molecular flexibility index (Phi) is 32.0. The van der Waals surface area contributed by atoms with Crippen LogP contribution in [0.5, 0.6) is 0 Å². The number of hydrogen-bond acceptors (Lipinski definition) is 0. The molecule has 0 saturated carbocycles. The van der Waals surface area contributed by atoms with Gasteiger partial charge in [-0.3, -0.25) is 0 Å². The quantitative estimate of drug-likeness (QED) is 0.0845. The molecule has 0 heteroatoms. The van der Waals surface area contributed by atoms with Crippen molar-refractivity contribution < 1.29 is 0 Å². The molecule has 1 unspecified atom stereocenters. The molecule has 0 N–H and O–H groups in total. The molecule has 0 bridgehead atoms. The minimum Gasteiger partial charge on any atom is -0.0654 e. The second kappa shape index (κ2) is 32.0. The van der Waals surface area contributed by atoms with E-state index in [-0.39, 0.29) is 0 Å². The molecule has 35 heavy (non-hydrogen) atoms. The summed E-state index contributed by atoms with van der Waals surface area (Å²) in [5.74, 6) is 0.972.